The van der Waals surface area contributed by atoms with Crippen LogP contribution in [0.2, 0.25) is 0 Å². The molecular formula is C12H14BrN5O. The molecular weight excluding hydrogens is 310 g/mol. The van der Waals surface area contributed by atoms with Crippen molar-refractivity contribution in [2.45, 2.75) is 13.0 Å². The van der Waals surface area contributed by atoms with Gasteiger partial charge in [0.1, 0.15) is 0 Å². The van der Waals surface area contributed by atoms with Crippen molar-refractivity contribution in [2.75, 3.05) is 12.3 Å². The van der Waals surface area contributed by atoms with Crippen molar-refractivity contribution in [1.82, 2.24) is 20.3 Å². The highest BCUT2D eigenvalue weighted by Gasteiger charge is 2.06. The van der Waals surface area contributed by atoms with Crippen LogP contribution in [0, 0.1) is 0 Å². The molecule has 3 N–H and O–H groups in total. The predicted molar refractivity (Wildman–Crippen MR) is 75.5 cm³/mol. The van der Waals surface area contributed by atoms with Gasteiger partial charge in [-0.25, -0.2) is 0 Å². The van der Waals surface area contributed by atoms with Crippen LogP contribution in [-0.2, 0) is 6.54 Å². The van der Waals surface area contributed by atoms with E-state index in [-0.39, 0.29) is 5.91 Å². The summed E-state index contributed by atoms with van der Waals surface area (Å²) in [5.74, 6) is -0.133. The molecule has 0 radical (unpaired) electrons. The molecule has 0 aliphatic carbocycles. The molecule has 1 amide bonds. The van der Waals surface area contributed by atoms with E-state index in [4.69, 9.17) is 5.73 Å². The van der Waals surface area contributed by atoms with Crippen LogP contribution < -0.4 is 11.1 Å². The van der Waals surface area contributed by atoms with Crippen LogP contribution in [0.15, 0.2) is 35.1 Å². The first-order chi connectivity index (χ1) is 9.15. The largest absolute Gasteiger partial charge is 0.399 e. The highest BCUT2D eigenvalue weighted by Crippen LogP contribution is 2.17. The predicted octanol–water partition coefficient (Wildman–Crippen LogP) is 1.44. The van der Waals surface area contributed by atoms with Crippen molar-refractivity contribution in [2.24, 2.45) is 0 Å². The van der Waals surface area contributed by atoms with Gasteiger partial charge >= 0.3 is 0 Å². The number of hydrogen-bond acceptors (Lipinski definition) is 4. The third kappa shape index (κ3) is 4.06. The van der Waals surface area contributed by atoms with Crippen molar-refractivity contribution in [3.8, 4) is 0 Å². The first kappa shape index (κ1) is 13.5. The van der Waals surface area contributed by atoms with Crippen LogP contribution in [0.5, 0.6) is 0 Å². The average molecular weight is 324 g/mol. The average Bonchev–Trinajstić information content (AvgIpc) is 2.86. The Bertz CT molecular complexity index is 535. The lowest BCUT2D eigenvalue weighted by atomic mass is 10.2. The van der Waals surface area contributed by atoms with E-state index in [0.717, 1.165) is 17.4 Å². The fourth-order valence-corrected chi connectivity index (χ4v) is 2.15. The Hall–Kier alpha value is -1.89. The Morgan fingerprint density at radius 3 is 2.95 bits per heavy atom. The van der Waals surface area contributed by atoms with Gasteiger partial charge in [0.05, 0.1) is 6.20 Å². The van der Waals surface area contributed by atoms with Crippen LogP contribution in [0.25, 0.3) is 0 Å². The Kier molecular flexibility index (Phi) is 4.51. The standard InChI is InChI=1S/C12H14BrN5O/c13-10-6-9(7-11(14)8-10)12(19)15-2-1-4-18-5-3-16-17-18/h3,5-8H,1-2,4,14H2,(H,15,19). The quantitative estimate of drug-likeness (QED) is 0.644. The van der Waals surface area contributed by atoms with Crippen molar-refractivity contribution in [3.05, 3.63) is 40.6 Å². The summed E-state index contributed by atoms with van der Waals surface area (Å²) in [5.41, 5.74) is 6.79. The summed E-state index contributed by atoms with van der Waals surface area (Å²) in [4.78, 5) is 11.9. The van der Waals surface area contributed by atoms with Crippen LogP contribution in [0.3, 0.4) is 0 Å². The Morgan fingerprint density at radius 2 is 2.26 bits per heavy atom. The van der Waals surface area contributed by atoms with Gasteiger partial charge in [-0.15, -0.1) is 5.10 Å². The van der Waals surface area contributed by atoms with Crippen molar-refractivity contribution >= 4 is 27.5 Å². The fourth-order valence-electron chi connectivity index (χ4n) is 1.64. The first-order valence-corrected chi connectivity index (χ1v) is 6.63. The van der Waals surface area contributed by atoms with Gasteiger partial charge in [-0.3, -0.25) is 9.48 Å². The minimum Gasteiger partial charge on any atom is -0.399 e. The number of carbonyl (C=O) groups is 1. The van der Waals surface area contributed by atoms with Gasteiger partial charge in [0.25, 0.3) is 5.91 Å². The molecule has 7 heteroatoms. The fraction of sp³-hybridized carbons (Fsp3) is 0.250. The maximum atomic E-state index is 11.9. The van der Waals surface area contributed by atoms with E-state index < -0.39 is 0 Å². The molecule has 0 bridgehead atoms. The third-order valence-corrected chi connectivity index (χ3v) is 2.96. The Labute approximate surface area is 119 Å². The highest BCUT2D eigenvalue weighted by molar-refractivity contribution is 9.10. The normalized spacial score (nSPS) is 10.4. The second-order valence-electron chi connectivity index (χ2n) is 4.05. The number of nitrogens with zero attached hydrogens (tertiary/aromatic N) is 3. The van der Waals surface area contributed by atoms with E-state index >= 15 is 0 Å². The Balaban J connectivity index is 1.80. The number of carbonyl (C=O) groups excluding carboxylic acids is 1. The molecule has 0 atom stereocenters. The lowest BCUT2D eigenvalue weighted by Crippen LogP contribution is -2.25. The SMILES string of the molecule is Nc1cc(Br)cc(C(=O)NCCCn2ccnn2)c1. The number of amides is 1. The molecule has 0 spiro atoms. The van der Waals surface area contributed by atoms with Gasteiger partial charge < -0.3 is 11.1 Å². The number of anilines is 1. The molecule has 0 unspecified atom stereocenters. The topological polar surface area (TPSA) is 85.8 Å². The van der Waals surface area contributed by atoms with Gasteiger partial charge in [-0.05, 0) is 24.6 Å². The Morgan fingerprint density at radius 1 is 1.42 bits per heavy atom. The summed E-state index contributed by atoms with van der Waals surface area (Å²) < 4.78 is 2.52. The summed E-state index contributed by atoms with van der Waals surface area (Å²) >= 11 is 3.31. The molecule has 0 saturated heterocycles. The number of halogens is 1. The van der Waals surface area contributed by atoms with Gasteiger partial charge in [0, 0.05) is 35.0 Å². The van der Waals surface area contributed by atoms with Crippen LogP contribution in [0.1, 0.15) is 16.8 Å². The summed E-state index contributed by atoms with van der Waals surface area (Å²) in [6, 6.07) is 5.14. The number of benzene rings is 1. The lowest BCUT2D eigenvalue weighted by Gasteiger charge is -2.06. The summed E-state index contributed by atoms with van der Waals surface area (Å²) in [6.45, 7) is 1.30. The van der Waals surface area contributed by atoms with Gasteiger partial charge in [0.15, 0.2) is 0 Å². The smallest absolute Gasteiger partial charge is 0.251 e. The zero-order chi connectivity index (χ0) is 13.7. The molecule has 6 nitrogen and oxygen atoms in total. The lowest BCUT2D eigenvalue weighted by molar-refractivity contribution is 0.0952. The maximum absolute atomic E-state index is 11.9. The van der Waals surface area contributed by atoms with Gasteiger partial charge in [-0.2, -0.15) is 0 Å². The minimum absolute atomic E-state index is 0.133. The molecule has 0 saturated carbocycles. The van der Waals surface area contributed by atoms with Gasteiger partial charge in [-0.1, -0.05) is 21.1 Å². The molecule has 1 aromatic carbocycles. The summed E-state index contributed by atoms with van der Waals surface area (Å²) in [6.07, 6.45) is 4.21. The molecule has 2 aromatic rings. The van der Waals surface area contributed by atoms with E-state index in [9.17, 15) is 4.79 Å². The molecule has 0 aliphatic rings. The second kappa shape index (κ2) is 6.33. The summed E-state index contributed by atoms with van der Waals surface area (Å²) in [7, 11) is 0. The first-order valence-electron chi connectivity index (χ1n) is 5.83. The van der Waals surface area contributed by atoms with E-state index in [2.05, 4.69) is 31.6 Å². The third-order valence-electron chi connectivity index (χ3n) is 2.50. The molecule has 1 heterocycles. The zero-order valence-corrected chi connectivity index (χ0v) is 11.8. The molecule has 1 aromatic heterocycles. The van der Waals surface area contributed by atoms with E-state index in [0.29, 0.717) is 17.8 Å². The van der Waals surface area contributed by atoms with Crippen molar-refractivity contribution < 1.29 is 4.79 Å². The zero-order valence-electron chi connectivity index (χ0n) is 10.2. The monoisotopic (exact) mass is 323 g/mol. The number of aryl methyl sites for hydroxylation is 1. The van der Waals surface area contributed by atoms with Gasteiger partial charge in [0.2, 0.25) is 0 Å². The second-order valence-corrected chi connectivity index (χ2v) is 4.96. The number of rotatable bonds is 5. The molecule has 0 fully saturated rings. The molecule has 0 aliphatic heterocycles. The van der Waals surface area contributed by atoms with Crippen molar-refractivity contribution in [1.29, 1.82) is 0 Å². The number of nitrogens with two attached hydrogens (primary N) is 1. The van der Waals surface area contributed by atoms with E-state index in [1.807, 2.05) is 0 Å². The summed E-state index contributed by atoms with van der Waals surface area (Å²) in [5, 5.41) is 10.4. The van der Waals surface area contributed by atoms with Crippen LogP contribution >= 0.6 is 15.9 Å². The van der Waals surface area contributed by atoms with Crippen molar-refractivity contribution in [3.63, 3.8) is 0 Å². The van der Waals surface area contributed by atoms with E-state index in [1.165, 1.54) is 0 Å². The van der Waals surface area contributed by atoms with Crippen LogP contribution in [-0.4, -0.2) is 27.4 Å². The van der Waals surface area contributed by atoms with Crippen LogP contribution in [0.4, 0.5) is 5.69 Å². The number of nitrogens with one attached hydrogen (secondary N) is 1. The number of aromatic nitrogens is 3. The number of nitrogen functional groups attached to an aromatic ring is 1. The maximum Gasteiger partial charge on any atom is 0.251 e. The molecule has 19 heavy (non-hydrogen) atoms. The molecule has 2 rings (SSSR count). The molecule has 100 valence electrons. The minimum atomic E-state index is -0.133. The van der Waals surface area contributed by atoms with E-state index in [1.54, 1.807) is 35.3 Å². The number of hydrogen-bond donors (Lipinski definition) is 2. The highest BCUT2D eigenvalue weighted by atomic mass is 79.9.